The van der Waals surface area contributed by atoms with Gasteiger partial charge in [0.25, 0.3) is 5.91 Å². The number of aliphatic hydroxyl groups is 1. The fraction of sp³-hybridized carbons (Fsp3) is 0.300. The average Bonchev–Trinajstić information content (AvgIpc) is 2.94. The number of rotatable bonds is 6. The standard InChI is InChI=1S/C20H22N4O2/c1-4-11-22-20(26)18-19(21-12-6-13-25)23-17(24(18)3)10-9-16-8-5-7-15(2)14-16/h1,5,7-8,14,21,25H,6,11-13H2,2-3H3,(H,22,26). The van der Waals surface area contributed by atoms with Gasteiger partial charge in [0.2, 0.25) is 0 Å². The second kappa shape index (κ2) is 9.31. The van der Waals surface area contributed by atoms with Gasteiger partial charge >= 0.3 is 0 Å². The molecule has 0 bridgehead atoms. The molecule has 26 heavy (non-hydrogen) atoms. The Morgan fingerprint density at radius 3 is 2.88 bits per heavy atom. The summed E-state index contributed by atoms with van der Waals surface area (Å²) in [6.45, 7) is 2.68. The molecule has 0 atom stereocenters. The third-order valence-electron chi connectivity index (χ3n) is 3.63. The molecular formula is C20H22N4O2. The van der Waals surface area contributed by atoms with Crippen molar-refractivity contribution >= 4 is 11.7 Å². The molecule has 3 N–H and O–H groups in total. The first-order valence-corrected chi connectivity index (χ1v) is 8.28. The zero-order valence-corrected chi connectivity index (χ0v) is 15.0. The lowest BCUT2D eigenvalue weighted by Gasteiger charge is -2.07. The number of nitrogens with one attached hydrogen (secondary N) is 2. The Kier molecular flexibility index (Phi) is 6.84. The van der Waals surface area contributed by atoms with E-state index in [1.165, 1.54) is 0 Å². The number of carbonyl (C=O) groups excluding carboxylic acids is 1. The van der Waals surface area contributed by atoms with E-state index in [9.17, 15) is 4.79 Å². The number of terminal acetylenes is 1. The molecule has 0 saturated carbocycles. The van der Waals surface area contributed by atoms with Crippen LogP contribution in [0.15, 0.2) is 24.3 Å². The van der Waals surface area contributed by atoms with E-state index in [0.717, 1.165) is 11.1 Å². The van der Waals surface area contributed by atoms with Gasteiger partial charge in [0.15, 0.2) is 17.3 Å². The molecule has 0 radical (unpaired) electrons. The minimum absolute atomic E-state index is 0.0540. The van der Waals surface area contributed by atoms with Crippen molar-refractivity contribution in [3.63, 3.8) is 0 Å². The lowest BCUT2D eigenvalue weighted by molar-refractivity contribution is 0.0951. The molecule has 6 nitrogen and oxygen atoms in total. The largest absolute Gasteiger partial charge is 0.396 e. The highest BCUT2D eigenvalue weighted by molar-refractivity contribution is 5.97. The number of aryl methyl sites for hydroxylation is 1. The van der Waals surface area contributed by atoms with Crippen molar-refractivity contribution in [2.45, 2.75) is 13.3 Å². The van der Waals surface area contributed by atoms with Crippen LogP contribution in [0.25, 0.3) is 0 Å². The van der Waals surface area contributed by atoms with Gasteiger partial charge in [-0.15, -0.1) is 6.42 Å². The van der Waals surface area contributed by atoms with Gasteiger partial charge in [0.05, 0.1) is 6.54 Å². The molecular weight excluding hydrogens is 328 g/mol. The molecule has 0 aliphatic rings. The van der Waals surface area contributed by atoms with E-state index in [0.29, 0.717) is 30.3 Å². The van der Waals surface area contributed by atoms with Gasteiger partial charge in [-0.3, -0.25) is 4.79 Å². The van der Waals surface area contributed by atoms with Crippen LogP contribution in [-0.4, -0.2) is 40.3 Å². The number of hydrogen-bond donors (Lipinski definition) is 3. The van der Waals surface area contributed by atoms with E-state index >= 15 is 0 Å². The average molecular weight is 350 g/mol. The lowest BCUT2D eigenvalue weighted by Crippen LogP contribution is -2.27. The van der Waals surface area contributed by atoms with Gasteiger partial charge in [-0.25, -0.2) is 4.98 Å². The van der Waals surface area contributed by atoms with Gasteiger partial charge in [-0.2, -0.15) is 0 Å². The smallest absolute Gasteiger partial charge is 0.272 e. The Labute approximate surface area is 153 Å². The second-order valence-corrected chi connectivity index (χ2v) is 5.70. The molecule has 0 unspecified atom stereocenters. The summed E-state index contributed by atoms with van der Waals surface area (Å²) in [6, 6.07) is 7.85. The summed E-state index contributed by atoms with van der Waals surface area (Å²) in [5.41, 5.74) is 2.35. The van der Waals surface area contributed by atoms with Crippen molar-refractivity contribution in [3.8, 4) is 24.2 Å². The molecule has 2 rings (SSSR count). The first-order chi connectivity index (χ1) is 12.6. The minimum Gasteiger partial charge on any atom is -0.396 e. The van der Waals surface area contributed by atoms with Crippen LogP contribution < -0.4 is 10.6 Å². The Hall–Kier alpha value is -3.22. The molecule has 134 valence electrons. The summed E-state index contributed by atoms with van der Waals surface area (Å²) in [6.07, 6.45) is 5.75. The van der Waals surface area contributed by atoms with Crippen molar-refractivity contribution < 1.29 is 9.90 Å². The Balaban J connectivity index is 2.35. The van der Waals surface area contributed by atoms with Crippen molar-refractivity contribution in [1.82, 2.24) is 14.9 Å². The lowest BCUT2D eigenvalue weighted by atomic mass is 10.1. The number of hydrogen-bond acceptors (Lipinski definition) is 4. The van der Waals surface area contributed by atoms with E-state index < -0.39 is 0 Å². The topological polar surface area (TPSA) is 79.2 Å². The zero-order valence-electron chi connectivity index (χ0n) is 15.0. The third kappa shape index (κ3) is 4.89. The van der Waals surface area contributed by atoms with Crippen LogP contribution in [0.2, 0.25) is 0 Å². The van der Waals surface area contributed by atoms with Gasteiger partial charge < -0.3 is 20.3 Å². The number of carbonyl (C=O) groups is 1. The monoisotopic (exact) mass is 350 g/mol. The van der Waals surface area contributed by atoms with E-state index in [2.05, 4.69) is 33.4 Å². The quantitative estimate of drug-likeness (QED) is 0.542. The maximum atomic E-state index is 12.4. The summed E-state index contributed by atoms with van der Waals surface area (Å²) in [7, 11) is 1.73. The Bertz CT molecular complexity index is 881. The van der Waals surface area contributed by atoms with Crippen LogP contribution >= 0.6 is 0 Å². The first-order valence-electron chi connectivity index (χ1n) is 8.28. The summed E-state index contributed by atoms with van der Waals surface area (Å²) in [5.74, 6) is 9.01. The molecule has 1 aromatic carbocycles. The van der Waals surface area contributed by atoms with Crippen LogP contribution in [0.4, 0.5) is 5.82 Å². The number of aromatic nitrogens is 2. The van der Waals surface area contributed by atoms with Crippen LogP contribution in [0.1, 0.15) is 33.9 Å². The number of amides is 1. The van der Waals surface area contributed by atoms with E-state index in [1.54, 1.807) is 11.6 Å². The maximum Gasteiger partial charge on any atom is 0.272 e. The molecule has 6 heteroatoms. The minimum atomic E-state index is -0.326. The summed E-state index contributed by atoms with van der Waals surface area (Å²) >= 11 is 0. The van der Waals surface area contributed by atoms with Crippen LogP contribution in [0.5, 0.6) is 0 Å². The molecule has 0 fully saturated rings. The summed E-state index contributed by atoms with van der Waals surface area (Å²) in [5, 5.41) is 14.7. The van der Waals surface area contributed by atoms with Crippen molar-refractivity contribution in [3.05, 3.63) is 46.9 Å². The second-order valence-electron chi connectivity index (χ2n) is 5.70. The summed E-state index contributed by atoms with van der Waals surface area (Å²) in [4.78, 5) is 16.8. The van der Waals surface area contributed by atoms with Crippen molar-refractivity contribution in [2.24, 2.45) is 7.05 Å². The first kappa shape index (κ1) is 19.1. The number of anilines is 1. The van der Waals surface area contributed by atoms with Crippen molar-refractivity contribution in [1.29, 1.82) is 0 Å². The number of nitrogens with zero attached hydrogens (tertiary/aromatic N) is 2. The van der Waals surface area contributed by atoms with Crippen LogP contribution in [0, 0.1) is 31.1 Å². The number of benzene rings is 1. The fourth-order valence-electron chi connectivity index (χ4n) is 2.35. The van der Waals surface area contributed by atoms with Gasteiger partial charge in [-0.05, 0) is 37.0 Å². The highest BCUT2D eigenvalue weighted by Crippen LogP contribution is 2.16. The van der Waals surface area contributed by atoms with E-state index in [1.807, 2.05) is 31.2 Å². The van der Waals surface area contributed by atoms with Gasteiger partial charge in [0.1, 0.15) is 0 Å². The van der Waals surface area contributed by atoms with Gasteiger partial charge in [0, 0.05) is 25.8 Å². The third-order valence-corrected chi connectivity index (χ3v) is 3.63. The molecule has 1 aromatic heterocycles. The SMILES string of the molecule is C#CCNC(=O)c1c(NCCCO)nc(C#Cc2cccc(C)c2)n1C. The predicted octanol–water partition coefficient (Wildman–Crippen LogP) is 1.29. The molecule has 0 saturated heterocycles. The van der Waals surface area contributed by atoms with Crippen molar-refractivity contribution in [2.75, 3.05) is 25.0 Å². The highest BCUT2D eigenvalue weighted by Gasteiger charge is 2.20. The molecule has 0 spiro atoms. The molecule has 1 heterocycles. The Morgan fingerprint density at radius 1 is 1.38 bits per heavy atom. The molecule has 0 aliphatic carbocycles. The normalized spacial score (nSPS) is 9.77. The molecule has 2 aromatic rings. The predicted molar refractivity (Wildman–Crippen MR) is 102 cm³/mol. The van der Waals surface area contributed by atoms with Crippen LogP contribution in [-0.2, 0) is 7.05 Å². The van der Waals surface area contributed by atoms with Gasteiger partial charge in [-0.1, -0.05) is 24.0 Å². The van der Waals surface area contributed by atoms with Crippen LogP contribution in [0.3, 0.4) is 0 Å². The van der Waals surface area contributed by atoms with E-state index in [-0.39, 0.29) is 19.1 Å². The van der Waals surface area contributed by atoms with E-state index in [4.69, 9.17) is 11.5 Å². The molecule has 1 amide bonds. The highest BCUT2D eigenvalue weighted by atomic mass is 16.3. The maximum absolute atomic E-state index is 12.4. The molecule has 0 aliphatic heterocycles. The number of imidazole rings is 1. The number of aliphatic hydroxyl groups excluding tert-OH is 1. The summed E-state index contributed by atoms with van der Waals surface area (Å²) < 4.78 is 1.63. The zero-order chi connectivity index (χ0) is 18.9. The Morgan fingerprint density at radius 2 is 2.19 bits per heavy atom. The fourth-order valence-corrected chi connectivity index (χ4v) is 2.35.